The van der Waals surface area contributed by atoms with Gasteiger partial charge in [0.05, 0.1) is 6.61 Å². The second kappa shape index (κ2) is 3.17. The van der Waals surface area contributed by atoms with Crippen LogP contribution >= 0.6 is 0 Å². The minimum atomic E-state index is 0.158. The summed E-state index contributed by atoms with van der Waals surface area (Å²) in [5.41, 5.74) is 6.07. The summed E-state index contributed by atoms with van der Waals surface area (Å²) in [6.07, 6.45) is 2.52. The second-order valence-electron chi connectivity index (χ2n) is 3.51. The highest BCUT2D eigenvalue weighted by Crippen LogP contribution is 2.30. The lowest BCUT2D eigenvalue weighted by molar-refractivity contribution is 0.298. The number of hydrogen-bond acceptors (Lipinski definition) is 3. The molecule has 0 radical (unpaired) electrons. The average Bonchev–Trinajstić information content (AvgIpc) is 2.81. The highest BCUT2D eigenvalue weighted by Gasteiger charge is 2.21. The maximum atomic E-state index is 9.21. The Morgan fingerprint density at radius 1 is 1.38 bits per heavy atom. The fraction of sp³-hybridized carbons (Fsp3) is 0.400. The van der Waals surface area contributed by atoms with Gasteiger partial charge >= 0.3 is 0 Å². The normalized spacial score (nSPS) is 15.7. The summed E-state index contributed by atoms with van der Waals surface area (Å²) >= 11 is 0. The van der Waals surface area contributed by atoms with Gasteiger partial charge in [0.15, 0.2) is 0 Å². The van der Waals surface area contributed by atoms with Crippen molar-refractivity contribution in [3.05, 3.63) is 18.2 Å². The number of hydrogen-bond donors (Lipinski definition) is 2. The number of rotatable bonds is 3. The van der Waals surface area contributed by atoms with Crippen molar-refractivity contribution in [3.8, 4) is 11.5 Å². The molecule has 0 aliphatic heterocycles. The van der Waals surface area contributed by atoms with E-state index in [1.54, 1.807) is 12.1 Å². The van der Waals surface area contributed by atoms with Crippen LogP contribution in [0.5, 0.6) is 11.5 Å². The standard InChI is InChI=1S/C10H13NO2/c11-8-3-9(12)5-10(4-8)13-6-7-1-2-7/h3-5,7,12H,1-2,6,11H2. The van der Waals surface area contributed by atoms with E-state index >= 15 is 0 Å². The molecular formula is C10H13NO2. The molecule has 0 bridgehead atoms. The zero-order chi connectivity index (χ0) is 9.26. The smallest absolute Gasteiger partial charge is 0.125 e. The highest BCUT2D eigenvalue weighted by molar-refractivity contribution is 5.49. The van der Waals surface area contributed by atoms with Gasteiger partial charge < -0.3 is 15.6 Å². The van der Waals surface area contributed by atoms with E-state index in [0.29, 0.717) is 17.4 Å². The van der Waals surface area contributed by atoms with Gasteiger partial charge in [-0.2, -0.15) is 0 Å². The second-order valence-corrected chi connectivity index (χ2v) is 3.51. The van der Waals surface area contributed by atoms with Crippen molar-refractivity contribution in [2.75, 3.05) is 12.3 Å². The van der Waals surface area contributed by atoms with Gasteiger partial charge in [-0.25, -0.2) is 0 Å². The van der Waals surface area contributed by atoms with Gasteiger partial charge in [-0.05, 0) is 18.8 Å². The molecule has 70 valence electrons. The predicted molar refractivity (Wildman–Crippen MR) is 50.7 cm³/mol. The van der Waals surface area contributed by atoms with Crippen molar-refractivity contribution < 1.29 is 9.84 Å². The summed E-state index contributed by atoms with van der Waals surface area (Å²) in [6.45, 7) is 0.739. The Hall–Kier alpha value is -1.38. The summed E-state index contributed by atoms with van der Waals surface area (Å²) in [6, 6.07) is 4.81. The summed E-state index contributed by atoms with van der Waals surface area (Å²) < 4.78 is 5.45. The van der Waals surface area contributed by atoms with Gasteiger partial charge in [-0.3, -0.25) is 0 Å². The topological polar surface area (TPSA) is 55.5 Å². The van der Waals surface area contributed by atoms with E-state index in [-0.39, 0.29) is 5.75 Å². The van der Waals surface area contributed by atoms with Crippen LogP contribution in [-0.2, 0) is 0 Å². The fourth-order valence-corrected chi connectivity index (χ4v) is 1.19. The summed E-state index contributed by atoms with van der Waals surface area (Å²) in [7, 11) is 0. The van der Waals surface area contributed by atoms with Crippen molar-refractivity contribution in [1.82, 2.24) is 0 Å². The Kier molecular flexibility index (Phi) is 2.00. The van der Waals surface area contributed by atoms with E-state index in [0.717, 1.165) is 6.61 Å². The minimum absolute atomic E-state index is 0.158. The van der Waals surface area contributed by atoms with Crippen LogP contribution in [0.2, 0.25) is 0 Å². The molecule has 1 fully saturated rings. The van der Waals surface area contributed by atoms with Gasteiger partial charge in [0, 0.05) is 23.9 Å². The van der Waals surface area contributed by atoms with Crippen molar-refractivity contribution >= 4 is 5.69 Å². The van der Waals surface area contributed by atoms with E-state index < -0.39 is 0 Å². The molecule has 13 heavy (non-hydrogen) atoms. The third-order valence-electron chi connectivity index (χ3n) is 2.10. The largest absolute Gasteiger partial charge is 0.508 e. The molecule has 0 aromatic heterocycles. The van der Waals surface area contributed by atoms with Gasteiger partial charge in [-0.15, -0.1) is 0 Å². The third kappa shape index (κ3) is 2.28. The van der Waals surface area contributed by atoms with E-state index in [2.05, 4.69) is 0 Å². The number of nitrogens with two attached hydrogens (primary N) is 1. The van der Waals surface area contributed by atoms with E-state index in [1.165, 1.54) is 18.9 Å². The van der Waals surface area contributed by atoms with Crippen LogP contribution in [0.1, 0.15) is 12.8 Å². The summed E-state index contributed by atoms with van der Waals surface area (Å²) in [4.78, 5) is 0. The van der Waals surface area contributed by atoms with Crippen molar-refractivity contribution in [2.24, 2.45) is 5.92 Å². The van der Waals surface area contributed by atoms with E-state index in [1.807, 2.05) is 0 Å². The monoisotopic (exact) mass is 179 g/mol. The van der Waals surface area contributed by atoms with Crippen LogP contribution in [0.3, 0.4) is 0 Å². The van der Waals surface area contributed by atoms with Crippen LogP contribution in [0.15, 0.2) is 18.2 Å². The number of aromatic hydroxyl groups is 1. The maximum absolute atomic E-state index is 9.21. The molecule has 1 aliphatic carbocycles. The zero-order valence-corrected chi connectivity index (χ0v) is 7.36. The first-order valence-electron chi connectivity index (χ1n) is 4.46. The van der Waals surface area contributed by atoms with Gasteiger partial charge in [0.1, 0.15) is 11.5 Å². The number of phenolic OH excluding ortho intramolecular Hbond substituents is 1. The molecule has 1 aliphatic rings. The quantitative estimate of drug-likeness (QED) is 0.695. The van der Waals surface area contributed by atoms with Crippen LogP contribution in [0.25, 0.3) is 0 Å². The number of ether oxygens (including phenoxy) is 1. The van der Waals surface area contributed by atoms with Gasteiger partial charge in [-0.1, -0.05) is 0 Å². The molecule has 2 rings (SSSR count). The molecule has 3 N–H and O–H groups in total. The van der Waals surface area contributed by atoms with Gasteiger partial charge in [0.25, 0.3) is 0 Å². The molecule has 0 heterocycles. The Morgan fingerprint density at radius 2 is 2.15 bits per heavy atom. The Morgan fingerprint density at radius 3 is 2.77 bits per heavy atom. The molecule has 0 spiro atoms. The first-order chi connectivity index (χ1) is 6.24. The SMILES string of the molecule is Nc1cc(O)cc(OCC2CC2)c1. The minimum Gasteiger partial charge on any atom is -0.508 e. The lowest BCUT2D eigenvalue weighted by Gasteiger charge is -2.06. The molecular weight excluding hydrogens is 166 g/mol. The fourth-order valence-electron chi connectivity index (χ4n) is 1.19. The number of nitrogen functional groups attached to an aromatic ring is 1. The molecule has 3 heteroatoms. The van der Waals surface area contributed by atoms with Crippen LogP contribution in [-0.4, -0.2) is 11.7 Å². The molecule has 0 saturated heterocycles. The number of phenols is 1. The number of benzene rings is 1. The predicted octanol–water partition coefficient (Wildman–Crippen LogP) is 1.76. The van der Waals surface area contributed by atoms with Crippen molar-refractivity contribution in [3.63, 3.8) is 0 Å². The molecule has 0 amide bonds. The molecule has 1 aromatic rings. The van der Waals surface area contributed by atoms with Crippen LogP contribution in [0.4, 0.5) is 5.69 Å². The third-order valence-corrected chi connectivity index (χ3v) is 2.10. The van der Waals surface area contributed by atoms with Crippen molar-refractivity contribution in [2.45, 2.75) is 12.8 Å². The Bertz CT molecular complexity index is 288. The number of anilines is 1. The Labute approximate surface area is 77.1 Å². The first-order valence-corrected chi connectivity index (χ1v) is 4.46. The molecule has 0 unspecified atom stereocenters. The zero-order valence-electron chi connectivity index (χ0n) is 7.36. The molecule has 1 saturated carbocycles. The Balaban J connectivity index is 2.01. The average molecular weight is 179 g/mol. The lowest BCUT2D eigenvalue weighted by atomic mass is 10.3. The maximum Gasteiger partial charge on any atom is 0.125 e. The van der Waals surface area contributed by atoms with Crippen LogP contribution in [0, 0.1) is 5.92 Å². The molecule has 3 nitrogen and oxygen atoms in total. The molecule has 0 atom stereocenters. The highest BCUT2D eigenvalue weighted by atomic mass is 16.5. The summed E-state index contributed by atoms with van der Waals surface area (Å²) in [5.74, 6) is 1.53. The van der Waals surface area contributed by atoms with E-state index in [4.69, 9.17) is 10.5 Å². The van der Waals surface area contributed by atoms with Crippen LogP contribution < -0.4 is 10.5 Å². The van der Waals surface area contributed by atoms with E-state index in [9.17, 15) is 5.11 Å². The molecule has 1 aromatic carbocycles. The first kappa shape index (κ1) is 8.23. The summed E-state index contributed by atoms with van der Waals surface area (Å²) in [5, 5.41) is 9.21. The van der Waals surface area contributed by atoms with Crippen molar-refractivity contribution in [1.29, 1.82) is 0 Å². The van der Waals surface area contributed by atoms with Gasteiger partial charge in [0.2, 0.25) is 0 Å². The lowest BCUT2D eigenvalue weighted by Crippen LogP contribution is -1.99.